The summed E-state index contributed by atoms with van der Waals surface area (Å²) in [7, 11) is 1.58. The Morgan fingerprint density at radius 3 is 2.93 bits per heavy atom. The van der Waals surface area contributed by atoms with E-state index >= 15 is 0 Å². The number of carbonyl (C=O) groups excluding carboxylic acids is 1. The fraction of sp³-hybridized carbons (Fsp3) is 0.364. The SMILES string of the molecule is COc1c(CCl)c(C)cc2c1COC2=O. The Morgan fingerprint density at radius 1 is 1.60 bits per heavy atom. The highest BCUT2D eigenvalue weighted by atomic mass is 35.5. The molecule has 1 aromatic carbocycles. The van der Waals surface area contributed by atoms with Gasteiger partial charge in [0.2, 0.25) is 0 Å². The smallest absolute Gasteiger partial charge is 0.339 e. The first-order valence-corrected chi connectivity index (χ1v) is 5.15. The number of esters is 1. The number of halogens is 1. The second kappa shape index (κ2) is 3.74. The van der Waals surface area contributed by atoms with E-state index in [9.17, 15) is 4.79 Å². The van der Waals surface area contributed by atoms with Crippen molar-refractivity contribution < 1.29 is 14.3 Å². The van der Waals surface area contributed by atoms with Gasteiger partial charge in [-0.2, -0.15) is 0 Å². The van der Waals surface area contributed by atoms with Gasteiger partial charge in [0.1, 0.15) is 12.4 Å². The third kappa shape index (κ3) is 1.47. The molecular formula is C11H11ClO3. The summed E-state index contributed by atoms with van der Waals surface area (Å²) < 4.78 is 10.2. The fourth-order valence-corrected chi connectivity index (χ4v) is 2.16. The van der Waals surface area contributed by atoms with Crippen LogP contribution in [0.15, 0.2) is 6.07 Å². The lowest BCUT2D eigenvalue weighted by Gasteiger charge is -2.12. The maximum atomic E-state index is 11.4. The Bertz CT molecular complexity index is 426. The number of hydrogen-bond donors (Lipinski definition) is 0. The molecule has 80 valence electrons. The van der Waals surface area contributed by atoms with Gasteiger partial charge in [0, 0.05) is 11.1 Å². The summed E-state index contributed by atoms with van der Waals surface area (Å²) in [6.07, 6.45) is 0. The normalized spacial score (nSPS) is 13.7. The van der Waals surface area contributed by atoms with Crippen molar-refractivity contribution >= 4 is 17.6 Å². The maximum Gasteiger partial charge on any atom is 0.339 e. The fourth-order valence-electron chi connectivity index (χ4n) is 1.83. The van der Waals surface area contributed by atoms with Crippen LogP contribution in [0.3, 0.4) is 0 Å². The molecule has 0 spiro atoms. The molecule has 15 heavy (non-hydrogen) atoms. The summed E-state index contributed by atoms with van der Waals surface area (Å²) in [6.45, 7) is 2.19. The lowest BCUT2D eigenvalue weighted by atomic mass is 10.00. The molecule has 0 amide bonds. The topological polar surface area (TPSA) is 35.5 Å². The molecule has 0 aliphatic carbocycles. The minimum Gasteiger partial charge on any atom is -0.496 e. The molecular weight excluding hydrogens is 216 g/mol. The maximum absolute atomic E-state index is 11.4. The molecule has 0 bridgehead atoms. The van der Waals surface area contributed by atoms with Crippen LogP contribution >= 0.6 is 11.6 Å². The number of ether oxygens (including phenoxy) is 2. The van der Waals surface area contributed by atoms with Gasteiger partial charge >= 0.3 is 5.97 Å². The molecule has 2 rings (SSSR count). The summed E-state index contributed by atoms with van der Waals surface area (Å²) in [4.78, 5) is 11.4. The van der Waals surface area contributed by atoms with Gasteiger partial charge in [0.05, 0.1) is 18.6 Å². The number of fused-ring (bicyclic) bond motifs is 1. The van der Waals surface area contributed by atoms with E-state index in [0.717, 1.165) is 16.7 Å². The second-order valence-electron chi connectivity index (χ2n) is 3.44. The first-order chi connectivity index (χ1) is 7.19. The van der Waals surface area contributed by atoms with E-state index in [1.807, 2.05) is 13.0 Å². The van der Waals surface area contributed by atoms with Gasteiger partial charge in [-0.3, -0.25) is 0 Å². The molecule has 1 heterocycles. The molecule has 0 N–H and O–H groups in total. The van der Waals surface area contributed by atoms with Gasteiger partial charge in [-0.1, -0.05) is 0 Å². The Labute approximate surface area is 92.9 Å². The third-order valence-corrected chi connectivity index (χ3v) is 2.88. The molecule has 1 aromatic rings. The highest BCUT2D eigenvalue weighted by molar-refractivity contribution is 6.17. The monoisotopic (exact) mass is 226 g/mol. The van der Waals surface area contributed by atoms with Gasteiger partial charge in [-0.05, 0) is 18.6 Å². The average Bonchev–Trinajstić information content (AvgIpc) is 2.58. The Hall–Kier alpha value is -1.22. The summed E-state index contributed by atoms with van der Waals surface area (Å²) in [6, 6.07) is 1.81. The van der Waals surface area contributed by atoms with Crippen molar-refractivity contribution in [2.75, 3.05) is 7.11 Å². The molecule has 0 atom stereocenters. The van der Waals surface area contributed by atoms with Crippen LogP contribution in [0.1, 0.15) is 27.0 Å². The molecule has 4 heteroatoms. The summed E-state index contributed by atoms with van der Waals surface area (Å²) in [5.41, 5.74) is 3.29. The van der Waals surface area contributed by atoms with Gasteiger partial charge < -0.3 is 9.47 Å². The molecule has 3 nitrogen and oxygen atoms in total. The first-order valence-electron chi connectivity index (χ1n) is 4.61. The van der Waals surface area contributed by atoms with Crippen LogP contribution in [-0.4, -0.2) is 13.1 Å². The quantitative estimate of drug-likeness (QED) is 0.574. The number of alkyl halides is 1. The number of aryl methyl sites for hydroxylation is 1. The van der Waals surface area contributed by atoms with Gasteiger partial charge in [-0.25, -0.2) is 4.79 Å². The Morgan fingerprint density at radius 2 is 2.33 bits per heavy atom. The Balaban J connectivity index is 2.69. The zero-order valence-electron chi connectivity index (χ0n) is 8.59. The van der Waals surface area contributed by atoms with Gasteiger partial charge in [0.15, 0.2) is 0 Å². The highest BCUT2D eigenvalue weighted by Gasteiger charge is 2.27. The van der Waals surface area contributed by atoms with Crippen LogP contribution in [0.2, 0.25) is 0 Å². The molecule has 0 saturated carbocycles. The van der Waals surface area contributed by atoms with Crippen molar-refractivity contribution in [3.8, 4) is 5.75 Å². The third-order valence-electron chi connectivity index (χ3n) is 2.62. The van der Waals surface area contributed by atoms with Gasteiger partial charge in [-0.15, -0.1) is 11.6 Å². The van der Waals surface area contributed by atoms with Crippen LogP contribution in [0.25, 0.3) is 0 Å². The number of cyclic esters (lactones) is 1. The second-order valence-corrected chi connectivity index (χ2v) is 3.71. The predicted octanol–water partition coefficient (Wildman–Crippen LogP) is 2.41. The van der Waals surface area contributed by atoms with Crippen molar-refractivity contribution in [3.63, 3.8) is 0 Å². The number of methoxy groups -OCH3 is 1. The van der Waals surface area contributed by atoms with E-state index in [0.29, 0.717) is 17.2 Å². The summed E-state index contributed by atoms with van der Waals surface area (Å²) in [5.74, 6) is 0.773. The number of rotatable bonds is 2. The van der Waals surface area contributed by atoms with E-state index in [1.165, 1.54) is 0 Å². The zero-order chi connectivity index (χ0) is 11.0. The molecule has 1 aliphatic heterocycles. The molecule has 0 unspecified atom stereocenters. The zero-order valence-corrected chi connectivity index (χ0v) is 9.35. The standard InChI is InChI=1S/C11H11ClO3/c1-6-3-7-9(5-15-11(7)13)10(14-2)8(6)4-12/h3H,4-5H2,1-2H3. The summed E-state index contributed by atoms with van der Waals surface area (Å²) in [5, 5.41) is 0. The minimum absolute atomic E-state index is 0.279. The van der Waals surface area contributed by atoms with Crippen molar-refractivity contribution in [3.05, 3.63) is 28.3 Å². The van der Waals surface area contributed by atoms with Crippen LogP contribution in [-0.2, 0) is 17.2 Å². The predicted molar refractivity (Wildman–Crippen MR) is 56.4 cm³/mol. The minimum atomic E-state index is -0.285. The Kier molecular flexibility index (Phi) is 2.57. The number of hydrogen-bond acceptors (Lipinski definition) is 3. The molecule has 1 aliphatic rings. The average molecular weight is 227 g/mol. The van der Waals surface area contributed by atoms with E-state index in [-0.39, 0.29) is 12.6 Å². The molecule has 0 saturated heterocycles. The van der Waals surface area contributed by atoms with Crippen molar-refractivity contribution in [1.29, 1.82) is 0 Å². The van der Waals surface area contributed by atoms with E-state index < -0.39 is 0 Å². The van der Waals surface area contributed by atoms with Crippen LogP contribution in [0, 0.1) is 6.92 Å². The van der Waals surface area contributed by atoms with E-state index in [4.69, 9.17) is 21.1 Å². The molecule has 0 radical (unpaired) electrons. The van der Waals surface area contributed by atoms with E-state index in [2.05, 4.69) is 0 Å². The lowest BCUT2D eigenvalue weighted by molar-refractivity contribution is 0.0534. The van der Waals surface area contributed by atoms with Crippen LogP contribution in [0.5, 0.6) is 5.75 Å². The largest absolute Gasteiger partial charge is 0.496 e. The lowest BCUT2D eigenvalue weighted by Crippen LogP contribution is -2.00. The van der Waals surface area contributed by atoms with Crippen molar-refractivity contribution in [2.45, 2.75) is 19.4 Å². The van der Waals surface area contributed by atoms with Gasteiger partial charge in [0.25, 0.3) is 0 Å². The highest BCUT2D eigenvalue weighted by Crippen LogP contribution is 2.35. The molecule has 0 fully saturated rings. The van der Waals surface area contributed by atoms with Crippen LogP contribution < -0.4 is 4.74 Å². The summed E-state index contributed by atoms with van der Waals surface area (Å²) >= 11 is 5.85. The van der Waals surface area contributed by atoms with Crippen molar-refractivity contribution in [1.82, 2.24) is 0 Å². The number of benzene rings is 1. The van der Waals surface area contributed by atoms with E-state index in [1.54, 1.807) is 7.11 Å². The first kappa shape index (κ1) is 10.3. The number of carbonyl (C=O) groups is 1. The van der Waals surface area contributed by atoms with Crippen molar-refractivity contribution in [2.24, 2.45) is 0 Å². The van der Waals surface area contributed by atoms with Crippen LogP contribution in [0.4, 0.5) is 0 Å². The molecule has 0 aromatic heterocycles.